The van der Waals surface area contributed by atoms with Crippen molar-refractivity contribution in [3.63, 3.8) is 0 Å². The number of carbonyl (C=O) groups excluding carboxylic acids is 2. The highest BCUT2D eigenvalue weighted by molar-refractivity contribution is 7.99. The zero-order valence-corrected chi connectivity index (χ0v) is 15.2. The molecule has 25 heavy (non-hydrogen) atoms. The first-order chi connectivity index (χ1) is 12.1. The molecule has 2 aromatic carbocycles. The number of hydrogen-bond donors (Lipinski definition) is 0. The van der Waals surface area contributed by atoms with Gasteiger partial charge in [0.05, 0.1) is 0 Å². The summed E-state index contributed by atoms with van der Waals surface area (Å²) in [7, 11) is 0. The Hall–Kier alpha value is -2.27. The Balaban J connectivity index is 2.00. The summed E-state index contributed by atoms with van der Waals surface area (Å²) in [6, 6.07) is 19.3. The molecule has 0 aromatic heterocycles. The van der Waals surface area contributed by atoms with Crippen LogP contribution in [0.4, 0.5) is 0 Å². The molecule has 5 heteroatoms. The largest absolute Gasteiger partial charge is 0.457 e. The molecule has 0 N–H and O–H groups in total. The number of rotatable bonds is 8. The Morgan fingerprint density at radius 3 is 1.44 bits per heavy atom. The lowest BCUT2D eigenvalue weighted by Crippen LogP contribution is -2.14. The molecule has 2 rings (SSSR count). The van der Waals surface area contributed by atoms with Gasteiger partial charge in [0, 0.05) is 25.4 Å². The minimum Gasteiger partial charge on any atom is -0.457 e. The SMILES string of the molecule is CC(=O)OC(CSCC(OC(C)=O)c1ccccc1)c1ccccc1. The summed E-state index contributed by atoms with van der Waals surface area (Å²) in [5.74, 6) is 0.561. The third-order valence-electron chi connectivity index (χ3n) is 3.50. The molecule has 0 bridgehead atoms. The van der Waals surface area contributed by atoms with Crippen LogP contribution in [0.15, 0.2) is 60.7 Å². The highest BCUT2D eigenvalue weighted by atomic mass is 32.2. The van der Waals surface area contributed by atoms with Crippen LogP contribution in [0, 0.1) is 0 Å². The quantitative estimate of drug-likeness (QED) is 0.658. The van der Waals surface area contributed by atoms with E-state index in [1.165, 1.54) is 13.8 Å². The van der Waals surface area contributed by atoms with E-state index < -0.39 is 0 Å². The second-order valence-electron chi connectivity index (χ2n) is 5.55. The van der Waals surface area contributed by atoms with Crippen LogP contribution in [0.3, 0.4) is 0 Å². The van der Waals surface area contributed by atoms with Gasteiger partial charge in [0.15, 0.2) is 0 Å². The van der Waals surface area contributed by atoms with Crippen LogP contribution < -0.4 is 0 Å². The Labute approximate surface area is 152 Å². The molecule has 0 radical (unpaired) electrons. The van der Waals surface area contributed by atoms with Crippen LogP contribution in [0.1, 0.15) is 37.2 Å². The van der Waals surface area contributed by atoms with E-state index in [0.717, 1.165) is 11.1 Å². The van der Waals surface area contributed by atoms with Crippen molar-refractivity contribution in [2.45, 2.75) is 26.1 Å². The zero-order chi connectivity index (χ0) is 18.1. The van der Waals surface area contributed by atoms with Crippen LogP contribution in [-0.2, 0) is 19.1 Å². The molecule has 2 atom stereocenters. The topological polar surface area (TPSA) is 52.6 Å². The van der Waals surface area contributed by atoms with Crippen molar-refractivity contribution in [3.8, 4) is 0 Å². The third kappa shape index (κ3) is 6.63. The smallest absolute Gasteiger partial charge is 0.303 e. The molecule has 0 aliphatic carbocycles. The minimum atomic E-state index is -0.322. The van der Waals surface area contributed by atoms with Crippen LogP contribution in [0.25, 0.3) is 0 Å². The van der Waals surface area contributed by atoms with Crippen molar-refractivity contribution in [2.75, 3.05) is 11.5 Å². The molecule has 2 aromatic rings. The van der Waals surface area contributed by atoms with Gasteiger partial charge in [-0.15, -0.1) is 0 Å². The first kappa shape index (κ1) is 19.1. The zero-order valence-electron chi connectivity index (χ0n) is 14.4. The van der Waals surface area contributed by atoms with Gasteiger partial charge in [-0.1, -0.05) is 60.7 Å². The van der Waals surface area contributed by atoms with Crippen molar-refractivity contribution < 1.29 is 19.1 Å². The molecule has 0 saturated carbocycles. The summed E-state index contributed by atoms with van der Waals surface area (Å²) in [5.41, 5.74) is 1.91. The standard InChI is InChI=1S/C20H22O4S/c1-15(21)23-19(17-9-5-3-6-10-17)13-25-14-20(24-16(2)22)18-11-7-4-8-12-18/h3-12,19-20H,13-14H2,1-2H3. The number of thioether (sulfide) groups is 1. The molecule has 0 spiro atoms. The number of hydrogen-bond acceptors (Lipinski definition) is 5. The summed E-state index contributed by atoms with van der Waals surface area (Å²) < 4.78 is 10.9. The summed E-state index contributed by atoms with van der Waals surface area (Å²) in [6.07, 6.45) is -0.644. The normalized spacial score (nSPS) is 12.9. The molecular formula is C20H22O4S. The molecule has 2 unspecified atom stereocenters. The van der Waals surface area contributed by atoms with E-state index in [4.69, 9.17) is 9.47 Å². The summed E-state index contributed by atoms with van der Waals surface area (Å²) >= 11 is 1.59. The molecule has 0 fully saturated rings. The van der Waals surface area contributed by atoms with E-state index in [2.05, 4.69) is 0 Å². The third-order valence-corrected chi connectivity index (χ3v) is 4.57. The molecule has 0 heterocycles. The molecular weight excluding hydrogens is 336 g/mol. The molecule has 0 aliphatic rings. The summed E-state index contributed by atoms with van der Waals surface area (Å²) in [6.45, 7) is 2.82. The Morgan fingerprint density at radius 2 is 1.12 bits per heavy atom. The number of esters is 2. The van der Waals surface area contributed by atoms with Crippen molar-refractivity contribution in [1.82, 2.24) is 0 Å². The maximum atomic E-state index is 11.4. The average Bonchev–Trinajstić information content (AvgIpc) is 2.61. The Kier molecular flexibility index (Phi) is 7.54. The van der Waals surface area contributed by atoms with Gasteiger partial charge in [-0.25, -0.2) is 0 Å². The van der Waals surface area contributed by atoms with Gasteiger partial charge in [0.2, 0.25) is 0 Å². The highest BCUT2D eigenvalue weighted by Gasteiger charge is 2.19. The first-order valence-corrected chi connectivity index (χ1v) is 9.24. The van der Waals surface area contributed by atoms with Gasteiger partial charge in [-0.2, -0.15) is 11.8 Å². The predicted molar refractivity (Wildman–Crippen MR) is 99.2 cm³/mol. The van der Waals surface area contributed by atoms with E-state index in [9.17, 15) is 9.59 Å². The lowest BCUT2D eigenvalue weighted by molar-refractivity contribution is -0.146. The Bertz CT molecular complexity index is 613. The van der Waals surface area contributed by atoms with E-state index in [0.29, 0.717) is 11.5 Å². The average molecular weight is 358 g/mol. The Morgan fingerprint density at radius 1 is 0.760 bits per heavy atom. The van der Waals surface area contributed by atoms with Gasteiger partial charge < -0.3 is 9.47 Å². The minimum absolute atomic E-state index is 0.311. The lowest BCUT2D eigenvalue weighted by Gasteiger charge is -2.20. The van der Waals surface area contributed by atoms with Crippen LogP contribution >= 0.6 is 11.8 Å². The molecule has 4 nitrogen and oxygen atoms in total. The van der Waals surface area contributed by atoms with Crippen molar-refractivity contribution in [1.29, 1.82) is 0 Å². The fourth-order valence-corrected chi connectivity index (χ4v) is 3.50. The van der Waals surface area contributed by atoms with Gasteiger partial charge in [-0.05, 0) is 11.1 Å². The first-order valence-electron chi connectivity index (χ1n) is 8.08. The van der Waals surface area contributed by atoms with Crippen LogP contribution in [0.5, 0.6) is 0 Å². The van der Waals surface area contributed by atoms with E-state index in [1.807, 2.05) is 60.7 Å². The fraction of sp³-hybridized carbons (Fsp3) is 0.300. The number of carbonyl (C=O) groups is 2. The predicted octanol–water partition coefficient (Wildman–Crippen LogP) is 4.33. The summed E-state index contributed by atoms with van der Waals surface area (Å²) in [5, 5.41) is 0. The van der Waals surface area contributed by atoms with Crippen LogP contribution in [-0.4, -0.2) is 23.4 Å². The van der Waals surface area contributed by atoms with Gasteiger partial charge in [0.1, 0.15) is 12.2 Å². The van der Waals surface area contributed by atoms with Crippen molar-refractivity contribution in [2.24, 2.45) is 0 Å². The molecule has 132 valence electrons. The molecule has 0 saturated heterocycles. The lowest BCUT2D eigenvalue weighted by atomic mass is 10.1. The fourth-order valence-electron chi connectivity index (χ4n) is 2.41. The van der Waals surface area contributed by atoms with E-state index in [1.54, 1.807) is 11.8 Å². The van der Waals surface area contributed by atoms with Gasteiger partial charge >= 0.3 is 11.9 Å². The monoisotopic (exact) mass is 358 g/mol. The van der Waals surface area contributed by atoms with E-state index in [-0.39, 0.29) is 24.1 Å². The number of ether oxygens (including phenoxy) is 2. The second-order valence-corrected chi connectivity index (χ2v) is 6.63. The van der Waals surface area contributed by atoms with Crippen LogP contribution in [0.2, 0.25) is 0 Å². The highest BCUT2D eigenvalue weighted by Crippen LogP contribution is 2.27. The van der Waals surface area contributed by atoms with Gasteiger partial charge in [-0.3, -0.25) is 9.59 Å². The molecule has 0 amide bonds. The number of benzene rings is 2. The second kappa shape index (κ2) is 9.89. The van der Waals surface area contributed by atoms with Crippen molar-refractivity contribution in [3.05, 3.63) is 71.8 Å². The summed E-state index contributed by atoms with van der Waals surface area (Å²) in [4.78, 5) is 22.8. The van der Waals surface area contributed by atoms with Crippen molar-refractivity contribution >= 4 is 23.7 Å². The van der Waals surface area contributed by atoms with Gasteiger partial charge in [0.25, 0.3) is 0 Å². The molecule has 0 aliphatic heterocycles. The van der Waals surface area contributed by atoms with E-state index >= 15 is 0 Å². The maximum absolute atomic E-state index is 11.4. The maximum Gasteiger partial charge on any atom is 0.303 e.